The van der Waals surface area contributed by atoms with Gasteiger partial charge in [-0.3, -0.25) is 4.79 Å². The van der Waals surface area contributed by atoms with E-state index in [2.05, 4.69) is 10.1 Å². The van der Waals surface area contributed by atoms with Crippen molar-refractivity contribution in [2.75, 3.05) is 19.7 Å². The Kier molecular flexibility index (Phi) is 6.99. The molecule has 0 bridgehead atoms. The number of piperidine rings is 1. The van der Waals surface area contributed by atoms with E-state index in [-0.39, 0.29) is 31.2 Å². The van der Waals surface area contributed by atoms with Gasteiger partial charge in [0.25, 0.3) is 0 Å². The van der Waals surface area contributed by atoms with Crippen LogP contribution < -0.4 is 14.8 Å². The SMILES string of the molecule is CCOc1cccc(CNC(=O)N2CCCC(C(=O)O)C2)c1OC(F)F. The molecule has 9 heteroatoms. The van der Waals surface area contributed by atoms with Crippen LogP contribution in [0.1, 0.15) is 25.3 Å². The molecule has 1 unspecified atom stereocenters. The van der Waals surface area contributed by atoms with Crippen LogP contribution in [0.25, 0.3) is 0 Å². The van der Waals surface area contributed by atoms with Crippen molar-refractivity contribution in [3.63, 3.8) is 0 Å². The number of aliphatic carboxylic acids is 1. The summed E-state index contributed by atoms with van der Waals surface area (Å²) in [6.45, 7) is -0.495. The number of halogens is 2. The van der Waals surface area contributed by atoms with Gasteiger partial charge in [0, 0.05) is 25.2 Å². The highest BCUT2D eigenvalue weighted by Crippen LogP contribution is 2.32. The number of amides is 2. The number of para-hydroxylation sites is 1. The van der Waals surface area contributed by atoms with Crippen molar-refractivity contribution in [2.24, 2.45) is 5.92 Å². The molecule has 144 valence electrons. The monoisotopic (exact) mass is 372 g/mol. The molecule has 1 atom stereocenters. The van der Waals surface area contributed by atoms with Gasteiger partial charge < -0.3 is 24.8 Å². The Morgan fingerprint density at radius 1 is 1.42 bits per heavy atom. The highest BCUT2D eigenvalue weighted by molar-refractivity contribution is 5.76. The predicted octanol–water partition coefficient (Wildman–Crippen LogP) is 2.69. The van der Waals surface area contributed by atoms with Crippen LogP contribution in [0.5, 0.6) is 11.5 Å². The molecule has 2 N–H and O–H groups in total. The fourth-order valence-electron chi connectivity index (χ4n) is 2.84. The van der Waals surface area contributed by atoms with Gasteiger partial charge >= 0.3 is 18.6 Å². The molecule has 1 aliphatic rings. The Morgan fingerprint density at radius 2 is 2.19 bits per heavy atom. The fourth-order valence-corrected chi connectivity index (χ4v) is 2.84. The minimum atomic E-state index is -3.02. The second kappa shape index (κ2) is 9.21. The number of ether oxygens (including phenoxy) is 2. The minimum Gasteiger partial charge on any atom is -0.490 e. The van der Waals surface area contributed by atoms with E-state index in [0.29, 0.717) is 24.9 Å². The molecular weight excluding hydrogens is 350 g/mol. The Balaban J connectivity index is 2.05. The van der Waals surface area contributed by atoms with Gasteiger partial charge in [-0.2, -0.15) is 8.78 Å². The molecule has 1 heterocycles. The van der Waals surface area contributed by atoms with E-state index in [4.69, 9.17) is 9.84 Å². The first-order chi connectivity index (χ1) is 12.4. The maximum absolute atomic E-state index is 12.7. The standard InChI is InChI=1S/C17H22F2N2O5/c1-2-25-13-7-3-5-11(14(13)26-16(18)19)9-20-17(24)21-8-4-6-12(10-21)15(22)23/h3,5,7,12,16H,2,4,6,8-10H2,1H3,(H,20,24)(H,22,23). The number of nitrogens with zero attached hydrogens (tertiary/aromatic N) is 1. The number of alkyl halides is 2. The first-order valence-electron chi connectivity index (χ1n) is 8.37. The number of carboxylic acid groups (broad SMARTS) is 1. The van der Waals surface area contributed by atoms with Gasteiger partial charge in [0.1, 0.15) is 0 Å². The summed E-state index contributed by atoms with van der Waals surface area (Å²) in [7, 11) is 0. The highest BCUT2D eigenvalue weighted by Gasteiger charge is 2.28. The third-order valence-corrected chi connectivity index (χ3v) is 4.06. The van der Waals surface area contributed by atoms with Crippen LogP contribution in [0.3, 0.4) is 0 Å². The van der Waals surface area contributed by atoms with Gasteiger partial charge in [0.15, 0.2) is 11.5 Å². The lowest BCUT2D eigenvalue weighted by Crippen LogP contribution is -2.46. The zero-order chi connectivity index (χ0) is 19.1. The topological polar surface area (TPSA) is 88.1 Å². The zero-order valence-electron chi connectivity index (χ0n) is 14.4. The van der Waals surface area contributed by atoms with Gasteiger partial charge in [-0.15, -0.1) is 0 Å². The third-order valence-electron chi connectivity index (χ3n) is 4.06. The summed E-state index contributed by atoms with van der Waals surface area (Å²) in [5.41, 5.74) is 0.344. The summed E-state index contributed by atoms with van der Waals surface area (Å²) in [6.07, 6.45) is 1.13. The second-order valence-electron chi connectivity index (χ2n) is 5.84. The summed E-state index contributed by atoms with van der Waals surface area (Å²) in [5.74, 6) is -1.47. The maximum Gasteiger partial charge on any atom is 0.387 e. The maximum atomic E-state index is 12.7. The lowest BCUT2D eigenvalue weighted by molar-refractivity contribution is -0.143. The number of likely N-dealkylation sites (tertiary alicyclic amines) is 1. The molecule has 1 fully saturated rings. The van der Waals surface area contributed by atoms with Crippen LogP contribution >= 0.6 is 0 Å². The Morgan fingerprint density at radius 3 is 2.85 bits per heavy atom. The molecular formula is C17H22F2N2O5. The molecule has 0 aromatic heterocycles. The van der Waals surface area contributed by atoms with E-state index >= 15 is 0 Å². The molecule has 0 saturated carbocycles. The smallest absolute Gasteiger partial charge is 0.387 e. The molecule has 2 rings (SSSR count). The van der Waals surface area contributed by atoms with Crippen molar-refractivity contribution in [3.8, 4) is 11.5 Å². The fraction of sp³-hybridized carbons (Fsp3) is 0.529. The van der Waals surface area contributed by atoms with E-state index in [9.17, 15) is 18.4 Å². The first kappa shape index (κ1) is 19.7. The lowest BCUT2D eigenvalue weighted by Gasteiger charge is -2.30. The second-order valence-corrected chi connectivity index (χ2v) is 5.84. The van der Waals surface area contributed by atoms with Crippen LogP contribution in [-0.2, 0) is 11.3 Å². The van der Waals surface area contributed by atoms with Crippen LogP contribution in [0.2, 0.25) is 0 Å². The number of carbonyl (C=O) groups is 2. The van der Waals surface area contributed by atoms with E-state index in [1.807, 2.05) is 0 Å². The number of benzene rings is 1. The van der Waals surface area contributed by atoms with E-state index in [0.717, 1.165) is 0 Å². The minimum absolute atomic E-state index is 0.0456. The van der Waals surface area contributed by atoms with Crippen LogP contribution in [0.15, 0.2) is 18.2 Å². The molecule has 1 aromatic carbocycles. The molecule has 0 aliphatic carbocycles. The van der Waals surface area contributed by atoms with Crippen molar-refractivity contribution in [1.82, 2.24) is 10.2 Å². The Labute approximate surface area is 149 Å². The van der Waals surface area contributed by atoms with Crippen LogP contribution in [0.4, 0.5) is 13.6 Å². The molecule has 7 nitrogen and oxygen atoms in total. The Hall–Kier alpha value is -2.58. The predicted molar refractivity (Wildman–Crippen MR) is 88.4 cm³/mol. The van der Waals surface area contributed by atoms with Gasteiger partial charge in [0.05, 0.1) is 12.5 Å². The number of hydrogen-bond donors (Lipinski definition) is 2. The zero-order valence-corrected chi connectivity index (χ0v) is 14.4. The summed E-state index contributed by atoms with van der Waals surface area (Å²) < 4.78 is 35.3. The van der Waals surface area contributed by atoms with Crippen molar-refractivity contribution in [2.45, 2.75) is 32.9 Å². The number of carboxylic acids is 1. The summed E-state index contributed by atoms with van der Waals surface area (Å²) in [4.78, 5) is 24.8. The molecule has 2 amide bonds. The average Bonchev–Trinajstić information content (AvgIpc) is 2.61. The van der Waals surface area contributed by atoms with Crippen molar-refractivity contribution < 1.29 is 33.0 Å². The molecule has 26 heavy (non-hydrogen) atoms. The summed E-state index contributed by atoms with van der Waals surface area (Å²) in [6, 6.07) is 4.23. The van der Waals surface area contributed by atoms with Gasteiger partial charge in [-0.05, 0) is 25.8 Å². The van der Waals surface area contributed by atoms with Gasteiger partial charge in [0.2, 0.25) is 0 Å². The lowest BCUT2D eigenvalue weighted by atomic mass is 9.99. The van der Waals surface area contributed by atoms with Crippen molar-refractivity contribution in [3.05, 3.63) is 23.8 Å². The van der Waals surface area contributed by atoms with E-state index < -0.39 is 24.5 Å². The van der Waals surface area contributed by atoms with Crippen molar-refractivity contribution in [1.29, 1.82) is 0 Å². The van der Waals surface area contributed by atoms with Gasteiger partial charge in [-0.25, -0.2) is 4.79 Å². The molecule has 1 aromatic rings. The number of nitrogens with one attached hydrogen (secondary N) is 1. The third kappa shape index (κ3) is 5.21. The summed E-state index contributed by atoms with van der Waals surface area (Å²) in [5, 5.41) is 11.7. The molecule has 0 radical (unpaired) electrons. The molecule has 0 spiro atoms. The highest BCUT2D eigenvalue weighted by atomic mass is 19.3. The van der Waals surface area contributed by atoms with E-state index in [1.54, 1.807) is 19.1 Å². The van der Waals surface area contributed by atoms with Crippen LogP contribution in [0, 0.1) is 5.92 Å². The summed E-state index contributed by atoms with van der Waals surface area (Å²) >= 11 is 0. The largest absolute Gasteiger partial charge is 0.490 e. The Bertz CT molecular complexity index is 642. The molecule has 1 aliphatic heterocycles. The van der Waals surface area contributed by atoms with Crippen LogP contribution in [-0.4, -0.2) is 48.3 Å². The normalized spacial score (nSPS) is 17.1. The average molecular weight is 372 g/mol. The van der Waals surface area contributed by atoms with Crippen molar-refractivity contribution >= 4 is 12.0 Å². The molecule has 1 saturated heterocycles. The number of carbonyl (C=O) groups excluding carboxylic acids is 1. The number of hydrogen-bond acceptors (Lipinski definition) is 4. The first-order valence-corrected chi connectivity index (χ1v) is 8.37. The van der Waals surface area contributed by atoms with Gasteiger partial charge in [-0.1, -0.05) is 12.1 Å². The van der Waals surface area contributed by atoms with E-state index in [1.165, 1.54) is 11.0 Å². The number of urea groups is 1. The quantitative estimate of drug-likeness (QED) is 0.768. The number of rotatable bonds is 7.